The van der Waals surface area contributed by atoms with E-state index in [1.165, 1.54) is 7.11 Å². The summed E-state index contributed by atoms with van der Waals surface area (Å²) in [6.45, 7) is 2.07. The monoisotopic (exact) mass is 257 g/mol. The first-order chi connectivity index (χ1) is 6.63. The van der Waals surface area contributed by atoms with Crippen molar-refractivity contribution in [3.63, 3.8) is 0 Å². The molecular weight excluding hydrogens is 246 g/mol. The zero-order valence-corrected chi connectivity index (χ0v) is 9.72. The van der Waals surface area contributed by atoms with Gasteiger partial charge >= 0.3 is 0 Å². The molecule has 1 aromatic carbocycles. The van der Waals surface area contributed by atoms with Crippen LogP contribution in [0.5, 0.6) is 0 Å². The normalized spacial score (nSPS) is 9.93. The Morgan fingerprint density at radius 3 is 2.86 bits per heavy atom. The second kappa shape index (κ2) is 5.12. The van der Waals surface area contributed by atoms with Gasteiger partial charge in [0.15, 0.2) is 0 Å². The van der Waals surface area contributed by atoms with Gasteiger partial charge in [0.05, 0.1) is 0 Å². The quantitative estimate of drug-likeness (QED) is 0.903. The molecule has 1 amide bonds. The number of carbonyl (C=O) groups excluding carboxylic acids is 1. The van der Waals surface area contributed by atoms with Crippen LogP contribution in [0, 0.1) is 6.92 Å². The molecule has 76 valence electrons. The predicted octanol–water partition coefficient (Wildman–Crippen LogP) is 2.34. The summed E-state index contributed by atoms with van der Waals surface area (Å²) in [6, 6.07) is 5.66. The minimum Gasteiger partial charge on any atom is -0.375 e. The van der Waals surface area contributed by atoms with Crippen LogP contribution in [0.1, 0.15) is 5.56 Å². The Morgan fingerprint density at radius 2 is 2.29 bits per heavy atom. The van der Waals surface area contributed by atoms with Gasteiger partial charge in [0.1, 0.15) is 6.61 Å². The molecule has 0 fully saturated rings. The molecule has 0 aliphatic heterocycles. The molecular formula is C10H12BrNO2. The molecule has 0 aliphatic rings. The Balaban J connectivity index is 2.68. The van der Waals surface area contributed by atoms with Crippen LogP contribution in [-0.4, -0.2) is 19.6 Å². The van der Waals surface area contributed by atoms with E-state index in [4.69, 9.17) is 4.74 Å². The lowest BCUT2D eigenvalue weighted by Crippen LogP contribution is -2.16. The van der Waals surface area contributed by atoms with Crippen LogP contribution in [0.4, 0.5) is 5.69 Å². The van der Waals surface area contributed by atoms with Crippen LogP contribution in [0.25, 0.3) is 0 Å². The highest BCUT2D eigenvalue weighted by molar-refractivity contribution is 9.10. The molecule has 0 aliphatic carbocycles. The van der Waals surface area contributed by atoms with Crippen LogP contribution in [0.3, 0.4) is 0 Å². The number of benzene rings is 1. The highest BCUT2D eigenvalue weighted by Crippen LogP contribution is 2.20. The molecule has 3 nitrogen and oxygen atoms in total. The van der Waals surface area contributed by atoms with E-state index >= 15 is 0 Å². The van der Waals surface area contributed by atoms with E-state index in [0.29, 0.717) is 0 Å². The van der Waals surface area contributed by atoms with Crippen molar-refractivity contribution in [1.82, 2.24) is 0 Å². The van der Waals surface area contributed by atoms with Crippen molar-refractivity contribution >= 4 is 27.5 Å². The third-order valence-electron chi connectivity index (χ3n) is 1.73. The molecule has 0 atom stereocenters. The number of nitrogens with one attached hydrogen (secondary N) is 1. The number of ether oxygens (including phenoxy) is 1. The van der Waals surface area contributed by atoms with Crippen LogP contribution in [0.2, 0.25) is 0 Å². The molecule has 0 saturated carbocycles. The lowest BCUT2D eigenvalue weighted by Gasteiger charge is -2.05. The number of anilines is 1. The summed E-state index contributed by atoms with van der Waals surface area (Å²) in [6.07, 6.45) is 0. The molecule has 1 rings (SSSR count). The van der Waals surface area contributed by atoms with Crippen molar-refractivity contribution in [1.29, 1.82) is 0 Å². The molecule has 14 heavy (non-hydrogen) atoms. The third-order valence-corrected chi connectivity index (χ3v) is 2.59. The molecule has 4 heteroatoms. The first-order valence-corrected chi connectivity index (χ1v) is 4.97. The summed E-state index contributed by atoms with van der Waals surface area (Å²) in [5.74, 6) is -0.150. The van der Waals surface area contributed by atoms with Gasteiger partial charge in [-0.3, -0.25) is 4.79 Å². The van der Waals surface area contributed by atoms with Crippen molar-refractivity contribution in [3.8, 4) is 0 Å². The third kappa shape index (κ3) is 3.12. The van der Waals surface area contributed by atoms with Crippen LogP contribution in [-0.2, 0) is 9.53 Å². The van der Waals surface area contributed by atoms with Crippen molar-refractivity contribution in [2.45, 2.75) is 6.92 Å². The van der Waals surface area contributed by atoms with E-state index in [0.717, 1.165) is 15.7 Å². The summed E-state index contributed by atoms with van der Waals surface area (Å²) in [7, 11) is 1.49. The smallest absolute Gasteiger partial charge is 0.250 e. The fraction of sp³-hybridized carbons (Fsp3) is 0.300. The zero-order valence-electron chi connectivity index (χ0n) is 8.13. The Kier molecular flexibility index (Phi) is 4.10. The number of hydrogen-bond donors (Lipinski definition) is 1. The topological polar surface area (TPSA) is 38.3 Å². The van der Waals surface area contributed by atoms with E-state index in [2.05, 4.69) is 21.2 Å². The SMILES string of the molecule is COCC(=O)Nc1ccc(C)c(Br)c1. The lowest BCUT2D eigenvalue weighted by molar-refractivity contribution is -0.119. The fourth-order valence-electron chi connectivity index (χ4n) is 0.999. The van der Waals surface area contributed by atoms with Crippen LogP contribution < -0.4 is 5.32 Å². The highest BCUT2D eigenvalue weighted by atomic mass is 79.9. The van der Waals surface area contributed by atoms with E-state index in [1.54, 1.807) is 0 Å². The molecule has 0 aromatic heterocycles. The number of halogens is 1. The first kappa shape index (κ1) is 11.2. The second-order valence-electron chi connectivity index (χ2n) is 2.95. The maximum absolute atomic E-state index is 11.2. The number of aryl methyl sites for hydroxylation is 1. The molecule has 0 bridgehead atoms. The second-order valence-corrected chi connectivity index (χ2v) is 3.80. The minimum atomic E-state index is -0.150. The van der Waals surface area contributed by atoms with Crippen LogP contribution in [0.15, 0.2) is 22.7 Å². The Hall–Kier alpha value is -0.870. The van der Waals surface area contributed by atoms with E-state index in [-0.39, 0.29) is 12.5 Å². The molecule has 1 N–H and O–H groups in total. The van der Waals surface area contributed by atoms with E-state index in [1.807, 2.05) is 25.1 Å². The summed E-state index contributed by atoms with van der Waals surface area (Å²) in [4.78, 5) is 11.2. The van der Waals surface area contributed by atoms with Gasteiger partial charge in [0.2, 0.25) is 5.91 Å². The Labute approximate surface area is 91.6 Å². The van der Waals surface area contributed by atoms with Gasteiger partial charge in [-0.1, -0.05) is 22.0 Å². The molecule has 0 unspecified atom stereocenters. The van der Waals surface area contributed by atoms with Gasteiger partial charge in [-0.05, 0) is 24.6 Å². The largest absolute Gasteiger partial charge is 0.375 e. The Bertz CT molecular complexity index is 339. The van der Waals surface area contributed by atoms with E-state index in [9.17, 15) is 4.79 Å². The first-order valence-electron chi connectivity index (χ1n) is 4.18. The number of carbonyl (C=O) groups is 1. The van der Waals surface area contributed by atoms with Crippen molar-refractivity contribution < 1.29 is 9.53 Å². The Morgan fingerprint density at radius 1 is 1.57 bits per heavy atom. The van der Waals surface area contributed by atoms with Crippen LogP contribution >= 0.6 is 15.9 Å². The van der Waals surface area contributed by atoms with Gasteiger partial charge in [0.25, 0.3) is 0 Å². The number of rotatable bonds is 3. The highest BCUT2D eigenvalue weighted by Gasteiger charge is 2.02. The van der Waals surface area contributed by atoms with Gasteiger partial charge in [0, 0.05) is 17.3 Å². The number of hydrogen-bond acceptors (Lipinski definition) is 2. The van der Waals surface area contributed by atoms with Crippen molar-refractivity contribution in [3.05, 3.63) is 28.2 Å². The maximum Gasteiger partial charge on any atom is 0.250 e. The van der Waals surface area contributed by atoms with Gasteiger partial charge in [-0.2, -0.15) is 0 Å². The van der Waals surface area contributed by atoms with Crippen molar-refractivity contribution in [2.24, 2.45) is 0 Å². The lowest BCUT2D eigenvalue weighted by atomic mass is 10.2. The number of amides is 1. The maximum atomic E-state index is 11.2. The molecule has 0 spiro atoms. The van der Waals surface area contributed by atoms with Gasteiger partial charge < -0.3 is 10.1 Å². The zero-order chi connectivity index (χ0) is 10.6. The molecule has 0 radical (unpaired) electrons. The van der Waals surface area contributed by atoms with Gasteiger partial charge in [-0.15, -0.1) is 0 Å². The average molecular weight is 258 g/mol. The minimum absolute atomic E-state index is 0.0749. The molecule has 0 heterocycles. The summed E-state index contributed by atoms with van der Waals surface area (Å²) in [5.41, 5.74) is 1.90. The summed E-state index contributed by atoms with van der Waals surface area (Å²) >= 11 is 3.39. The van der Waals surface area contributed by atoms with Gasteiger partial charge in [-0.25, -0.2) is 0 Å². The molecule has 0 saturated heterocycles. The number of methoxy groups -OCH3 is 1. The van der Waals surface area contributed by atoms with Crippen molar-refractivity contribution in [2.75, 3.05) is 19.0 Å². The predicted molar refractivity (Wildman–Crippen MR) is 59.4 cm³/mol. The van der Waals surface area contributed by atoms with E-state index < -0.39 is 0 Å². The summed E-state index contributed by atoms with van der Waals surface area (Å²) < 4.78 is 5.69. The average Bonchev–Trinajstić information content (AvgIpc) is 2.12. The fourth-order valence-corrected chi connectivity index (χ4v) is 1.38. The standard InChI is InChI=1S/C10H12BrNO2/c1-7-3-4-8(5-9(7)11)12-10(13)6-14-2/h3-5H,6H2,1-2H3,(H,12,13). The summed E-state index contributed by atoms with van der Waals surface area (Å²) in [5, 5.41) is 2.72. The molecule has 1 aromatic rings.